The predicted octanol–water partition coefficient (Wildman–Crippen LogP) is 3.54. The fourth-order valence-electron chi connectivity index (χ4n) is 1.55. The van der Waals surface area contributed by atoms with Gasteiger partial charge >= 0.3 is 0 Å². The molecular formula is C13H19ClO. The summed E-state index contributed by atoms with van der Waals surface area (Å²) in [4.78, 5) is 0. The minimum atomic E-state index is 0.133. The van der Waals surface area contributed by atoms with Crippen LogP contribution in [0.5, 0.6) is 0 Å². The lowest BCUT2D eigenvalue weighted by Gasteiger charge is -2.29. The minimum Gasteiger partial charge on any atom is -0.396 e. The third-order valence-electron chi connectivity index (χ3n) is 2.84. The molecule has 84 valence electrons. The summed E-state index contributed by atoms with van der Waals surface area (Å²) in [6, 6.07) is 7.84. The molecule has 0 aliphatic rings. The molecule has 0 radical (unpaired) electrons. The van der Waals surface area contributed by atoms with Gasteiger partial charge in [0.15, 0.2) is 0 Å². The first-order valence-electron chi connectivity index (χ1n) is 5.29. The number of aliphatic hydroxyl groups is 1. The summed E-state index contributed by atoms with van der Waals surface area (Å²) in [6.45, 7) is 6.70. The Bertz CT molecular complexity index is 297. The van der Waals surface area contributed by atoms with Crippen molar-refractivity contribution < 1.29 is 5.11 Å². The van der Waals surface area contributed by atoms with Crippen molar-refractivity contribution in [2.24, 2.45) is 11.3 Å². The highest BCUT2D eigenvalue weighted by atomic mass is 35.5. The molecule has 1 atom stereocenters. The van der Waals surface area contributed by atoms with E-state index in [0.29, 0.717) is 5.92 Å². The SMILES string of the molecule is CC(C)(C)C(CO)Cc1ccc(Cl)cc1. The standard InChI is InChI=1S/C13H19ClO/c1-13(2,3)11(9-15)8-10-4-6-12(14)7-5-10/h4-7,11,15H,8-9H2,1-3H3. The van der Waals surface area contributed by atoms with Crippen LogP contribution in [0.25, 0.3) is 0 Å². The maximum Gasteiger partial charge on any atom is 0.0467 e. The minimum absolute atomic E-state index is 0.133. The van der Waals surface area contributed by atoms with E-state index in [2.05, 4.69) is 20.8 Å². The van der Waals surface area contributed by atoms with Crippen LogP contribution in [0.3, 0.4) is 0 Å². The molecule has 1 N–H and O–H groups in total. The van der Waals surface area contributed by atoms with Gasteiger partial charge in [-0.05, 0) is 35.4 Å². The summed E-state index contributed by atoms with van der Waals surface area (Å²) in [7, 11) is 0. The van der Waals surface area contributed by atoms with Gasteiger partial charge in [-0.2, -0.15) is 0 Å². The molecule has 1 unspecified atom stereocenters. The monoisotopic (exact) mass is 226 g/mol. The lowest BCUT2D eigenvalue weighted by Crippen LogP contribution is -2.25. The molecule has 1 aromatic carbocycles. The molecule has 0 saturated carbocycles. The van der Waals surface area contributed by atoms with Crippen molar-refractivity contribution in [1.82, 2.24) is 0 Å². The van der Waals surface area contributed by atoms with Crippen molar-refractivity contribution in [1.29, 1.82) is 0 Å². The first kappa shape index (κ1) is 12.5. The molecule has 0 aliphatic heterocycles. The van der Waals surface area contributed by atoms with Crippen molar-refractivity contribution in [3.63, 3.8) is 0 Å². The van der Waals surface area contributed by atoms with Crippen LogP contribution in [0.4, 0.5) is 0 Å². The maximum atomic E-state index is 9.35. The van der Waals surface area contributed by atoms with E-state index in [1.165, 1.54) is 5.56 Å². The van der Waals surface area contributed by atoms with E-state index >= 15 is 0 Å². The lowest BCUT2D eigenvalue weighted by atomic mass is 9.78. The Kier molecular flexibility index (Phi) is 4.18. The summed E-state index contributed by atoms with van der Waals surface area (Å²) in [5.74, 6) is 0.290. The summed E-state index contributed by atoms with van der Waals surface area (Å²) in [5, 5.41) is 10.1. The Morgan fingerprint density at radius 3 is 2.13 bits per heavy atom. The summed E-state index contributed by atoms with van der Waals surface area (Å²) in [5.41, 5.74) is 1.36. The van der Waals surface area contributed by atoms with Gasteiger partial charge in [0, 0.05) is 11.6 Å². The van der Waals surface area contributed by atoms with E-state index in [4.69, 9.17) is 11.6 Å². The van der Waals surface area contributed by atoms with Crippen LogP contribution in [0.1, 0.15) is 26.3 Å². The van der Waals surface area contributed by atoms with E-state index in [1.807, 2.05) is 24.3 Å². The number of benzene rings is 1. The van der Waals surface area contributed by atoms with Crippen molar-refractivity contribution in [2.45, 2.75) is 27.2 Å². The molecular weight excluding hydrogens is 208 g/mol. The highest BCUT2D eigenvalue weighted by Gasteiger charge is 2.23. The molecule has 1 nitrogen and oxygen atoms in total. The van der Waals surface area contributed by atoms with E-state index in [0.717, 1.165) is 11.4 Å². The smallest absolute Gasteiger partial charge is 0.0467 e. The van der Waals surface area contributed by atoms with Crippen molar-refractivity contribution >= 4 is 11.6 Å². The first-order chi connectivity index (χ1) is 6.93. The number of rotatable bonds is 3. The highest BCUT2D eigenvalue weighted by molar-refractivity contribution is 6.30. The molecule has 0 amide bonds. The van der Waals surface area contributed by atoms with Crippen molar-refractivity contribution in [3.8, 4) is 0 Å². The van der Waals surface area contributed by atoms with Crippen molar-refractivity contribution in [2.75, 3.05) is 6.61 Å². The van der Waals surface area contributed by atoms with Crippen LogP contribution in [0, 0.1) is 11.3 Å². The molecule has 1 rings (SSSR count). The normalized spacial score (nSPS) is 13.9. The molecule has 0 aromatic heterocycles. The Hall–Kier alpha value is -0.530. The molecule has 0 aliphatic carbocycles. The van der Waals surface area contributed by atoms with Crippen LogP contribution >= 0.6 is 11.6 Å². The van der Waals surface area contributed by atoms with E-state index in [-0.39, 0.29) is 12.0 Å². The molecule has 2 heteroatoms. The third-order valence-corrected chi connectivity index (χ3v) is 3.09. The Balaban J connectivity index is 2.71. The van der Waals surface area contributed by atoms with Gasteiger partial charge in [0.05, 0.1) is 0 Å². The third kappa shape index (κ3) is 3.84. The van der Waals surface area contributed by atoms with E-state index in [9.17, 15) is 5.11 Å². The zero-order valence-corrected chi connectivity index (χ0v) is 10.4. The zero-order valence-electron chi connectivity index (χ0n) is 9.63. The summed E-state index contributed by atoms with van der Waals surface area (Å²) < 4.78 is 0. The molecule has 0 saturated heterocycles. The summed E-state index contributed by atoms with van der Waals surface area (Å²) >= 11 is 5.82. The average Bonchev–Trinajstić information content (AvgIpc) is 2.15. The van der Waals surface area contributed by atoms with Crippen LogP contribution in [-0.2, 0) is 6.42 Å². The molecule has 0 spiro atoms. The second kappa shape index (κ2) is 5.00. The van der Waals surface area contributed by atoms with Gasteiger partial charge in [0.25, 0.3) is 0 Å². The van der Waals surface area contributed by atoms with Gasteiger partial charge in [-0.3, -0.25) is 0 Å². The van der Waals surface area contributed by atoms with Crippen molar-refractivity contribution in [3.05, 3.63) is 34.9 Å². The fourth-order valence-corrected chi connectivity index (χ4v) is 1.68. The number of halogens is 1. The largest absolute Gasteiger partial charge is 0.396 e. The summed E-state index contributed by atoms with van der Waals surface area (Å²) in [6.07, 6.45) is 0.900. The van der Waals surface area contributed by atoms with E-state index < -0.39 is 0 Å². The Morgan fingerprint density at radius 2 is 1.73 bits per heavy atom. The van der Waals surface area contributed by atoms with Crippen LogP contribution < -0.4 is 0 Å². The quantitative estimate of drug-likeness (QED) is 0.836. The fraction of sp³-hybridized carbons (Fsp3) is 0.538. The number of hydrogen-bond acceptors (Lipinski definition) is 1. The van der Waals surface area contributed by atoms with Gasteiger partial charge in [-0.25, -0.2) is 0 Å². The van der Waals surface area contributed by atoms with Crippen LogP contribution in [-0.4, -0.2) is 11.7 Å². The molecule has 0 heterocycles. The maximum absolute atomic E-state index is 9.35. The Labute approximate surface area is 97.1 Å². The topological polar surface area (TPSA) is 20.2 Å². The van der Waals surface area contributed by atoms with Crippen LogP contribution in [0.2, 0.25) is 5.02 Å². The van der Waals surface area contributed by atoms with Crippen LogP contribution in [0.15, 0.2) is 24.3 Å². The molecule has 15 heavy (non-hydrogen) atoms. The van der Waals surface area contributed by atoms with Gasteiger partial charge in [0.1, 0.15) is 0 Å². The van der Waals surface area contributed by atoms with Gasteiger partial charge in [-0.15, -0.1) is 0 Å². The van der Waals surface area contributed by atoms with Gasteiger partial charge in [0.2, 0.25) is 0 Å². The lowest BCUT2D eigenvalue weighted by molar-refractivity contribution is 0.131. The average molecular weight is 227 g/mol. The number of hydrogen-bond donors (Lipinski definition) is 1. The van der Waals surface area contributed by atoms with E-state index in [1.54, 1.807) is 0 Å². The molecule has 0 fully saturated rings. The van der Waals surface area contributed by atoms with Gasteiger partial charge < -0.3 is 5.11 Å². The second-order valence-corrected chi connectivity index (χ2v) is 5.51. The number of aliphatic hydroxyl groups excluding tert-OH is 1. The highest BCUT2D eigenvalue weighted by Crippen LogP contribution is 2.28. The van der Waals surface area contributed by atoms with Gasteiger partial charge in [-0.1, -0.05) is 44.5 Å². The second-order valence-electron chi connectivity index (χ2n) is 5.08. The predicted molar refractivity (Wildman–Crippen MR) is 65.2 cm³/mol. The molecule has 0 bridgehead atoms. The Morgan fingerprint density at radius 1 is 1.20 bits per heavy atom. The zero-order chi connectivity index (χ0) is 11.5. The molecule has 1 aromatic rings. The first-order valence-corrected chi connectivity index (χ1v) is 5.66.